The van der Waals surface area contributed by atoms with Crippen molar-refractivity contribution in [3.63, 3.8) is 0 Å². The van der Waals surface area contributed by atoms with Crippen LogP contribution in [0.25, 0.3) is 16.9 Å². The van der Waals surface area contributed by atoms with E-state index in [9.17, 15) is 9.59 Å². The lowest BCUT2D eigenvalue weighted by molar-refractivity contribution is 0.414. The van der Waals surface area contributed by atoms with Crippen molar-refractivity contribution in [3.8, 4) is 22.7 Å². The van der Waals surface area contributed by atoms with Gasteiger partial charge < -0.3 is 9.72 Å². The zero-order valence-corrected chi connectivity index (χ0v) is 15.0. The summed E-state index contributed by atoms with van der Waals surface area (Å²) in [5, 5.41) is 0. The molecule has 1 aromatic heterocycles. The quantitative estimate of drug-likeness (QED) is 0.774. The largest absolute Gasteiger partial charge is 0.497 e. The maximum absolute atomic E-state index is 13.4. The lowest BCUT2D eigenvalue weighted by Crippen LogP contribution is -2.43. The molecule has 0 saturated carbocycles. The highest BCUT2D eigenvalue weighted by atomic mass is 16.5. The number of rotatable bonds is 2. The van der Waals surface area contributed by atoms with Crippen LogP contribution in [0.1, 0.15) is 25.0 Å². The molecule has 3 aromatic rings. The number of hydrogen-bond donors (Lipinski definition) is 1. The molecule has 132 valence electrons. The first kappa shape index (κ1) is 16.4. The smallest absolute Gasteiger partial charge is 0.333 e. The van der Waals surface area contributed by atoms with Crippen LogP contribution in [0, 0.1) is 0 Å². The highest BCUT2D eigenvalue weighted by Crippen LogP contribution is 2.39. The zero-order valence-electron chi connectivity index (χ0n) is 15.0. The van der Waals surface area contributed by atoms with E-state index >= 15 is 0 Å². The number of nitrogens with one attached hydrogen (secondary N) is 1. The fourth-order valence-corrected chi connectivity index (χ4v) is 3.83. The van der Waals surface area contributed by atoms with Crippen LogP contribution in [-0.2, 0) is 11.8 Å². The molecular formula is C21H20N2O3. The minimum atomic E-state index is -0.450. The van der Waals surface area contributed by atoms with Gasteiger partial charge in [-0.1, -0.05) is 44.2 Å². The van der Waals surface area contributed by atoms with E-state index in [1.54, 1.807) is 31.4 Å². The molecule has 0 unspecified atom stereocenters. The number of nitrogens with zero attached hydrogens (tertiary/aromatic N) is 1. The predicted octanol–water partition coefficient (Wildman–Crippen LogP) is 3.04. The van der Waals surface area contributed by atoms with E-state index in [1.807, 2.05) is 38.1 Å². The van der Waals surface area contributed by atoms with Crippen LogP contribution in [0.4, 0.5) is 0 Å². The first-order valence-corrected chi connectivity index (χ1v) is 8.55. The average Bonchev–Trinajstić information content (AvgIpc) is 2.60. The number of aromatic amines is 1. The molecule has 0 atom stereocenters. The molecule has 0 radical (unpaired) electrons. The van der Waals surface area contributed by atoms with Crippen molar-refractivity contribution in [1.82, 2.24) is 9.55 Å². The van der Waals surface area contributed by atoms with Crippen molar-refractivity contribution in [2.45, 2.75) is 25.7 Å². The summed E-state index contributed by atoms with van der Waals surface area (Å²) in [6.07, 6.45) is 0.746. The Morgan fingerprint density at radius 3 is 2.62 bits per heavy atom. The van der Waals surface area contributed by atoms with Gasteiger partial charge in [-0.25, -0.2) is 9.36 Å². The Kier molecular flexibility index (Phi) is 3.61. The van der Waals surface area contributed by atoms with Crippen LogP contribution in [0.5, 0.6) is 5.75 Å². The summed E-state index contributed by atoms with van der Waals surface area (Å²) in [6, 6.07) is 14.9. The molecule has 2 aromatic carbocycles. The second-order valence-electron chi connectivity index (χ2n) is 7.24. The molecule has 0 bridgehead atoms. The van der Waals surface area contributed by atoms with Gasteiger partial charge in [0, 0.05) is 22.6 Å². The topological polar surface area (TPSA) is 64.1 Å². The normalized spacial score (nSPS) is 14.4. The molecule has 1 heterocycles. The van der Waals surface area contributed by atoms with Crippen molar-refractivity contribution < 1.29 is 4.74 Å². The number of aromatic nitrogens is 2. The standard InChI is InChI=1S/C21H20N2O3/c1-21(2)12-13-7-4-5-10-16(13)18-17(21)19(24)23(20(25)22-18)14-8-6-9-15(11-14)26-3/h4-11H,12H2,1-3H3,(H,22,25). The Morgan fingerprint density at radius 1 is 1.08 bits per heavy atom. The fraction of sp³-hybridized carbons (Fsp3) is 0.238. The van der Waals surface area contributed by atoms with Gasteiger partial charge in [-0.2, -0.15) is 0 Å². The lowest BCUT2D eigenvalue weighted by Gasteiger charge is -2.33. The summed E-state index contributed by atoms with van der Waals surface area (Å²) >= 11 is 0. The van der Waals surface area contributed by atoms with Crippen molar-refractivity contribution in [2.75, 3.05) is 7.11 Å². The molecule has 0 amide bonds. The van der Waals surface area contributed by atoms with Gasteiger partial charge >= 0.3 is 5.69 Å². The molecule has 1 aliphatic rings. The van der Waals surface area contributed by atoms with Gasteiger partial charge in [0.25, 0.3) is 5.56 Å². The molecule has 1 N–H and O–H groups in total. The Balaban J connectivity index is 2.06. The van der Waals surface area contributed by atoms with Gasteiger partial charge in [0.05, 0.1) is 18.5 Å². The van der Waals surface area contributed by atoms with E-state index in [0.717, 1.165) is 17.5 Å². The zero-order chi connectivity index (χ0) is 18.5. The van der Waals surface area contributed by atoms with E-state index in [-0.39, 0.29) is 11.0 Å². The maximum atomic E-state index is 13.4. The number of hydrogen-bond acceptors (Lipinski definition) is 3. The first-order valence-electron chi connectivity index (χ1n) is 8.55. The second kappa shape index (κ2) is 5.73. The van der Waals surface area contributed by atoms with Gasteiger partial charge in [0.15, 0.2) is 0 Å². The molecular weight excluding hydrogens is 328 g/mol. The third kappa shape index (κ3) is 2.39. The molecule has 1 aliphatic carbocycles. The summed E-state index contributed by atoms with van der Waals surface area (Å²) in [4.78, 5) is 29.1. The Morgan fingerprint density at radius 2 is 1.85 bits per heavy atom. The second-order valence-corrected chi connectivity index (χ2v) is 7.24. The Hall–Kier alpha value is -3.08. The number of fused-ring (bicyclic) bond motifs is 3. The van der Waals surface area contributed by atoms with Crippen LogP contribution in [-0.4, -0.2) is 16.7 Å². The number of methoxy groups -OCH3 is 1. The lowest BCUT2D eigenvalue weighted by atomic mass is 9.72. The van der Waals surface area contributed by atoms with Crippen molar-refractivity contribution in [2.24, 2.45) is 0 Å². The highest BCUT2D eigenvalue weighted by molar-refractivity contribution is 5.71. The SMILES string of the molecule is COc1cccc(-n2c(=O)[nH]c3c(c2=O)C(C)(C)Cc2ccccc2-3)c1. The summed E-state index contributed by atoms with van der Waals surface area (Å²) in [5.74, 6) is 0.594. The van der Waals surface area contributed by atoms with E-state index in [4.69, 9.17) is 4.74 Å². The van der Waals surface area contributed by atoms with Crippen LogP contribution < -0.4 is 16.0 Å². The van der Waals surface area contributed by atoms with Gasteiger partial charge in [0.1, 0.15) is 5.75 Å². The van der Waals surface area contributed by atoms with Crippen LogP contribution in [0.15, 0.2) is 58.1 Å². The molecule has 0 saturated heterocycles. The molecule has 0 spiro atoms. The number of H-pyrrole nitrogens is 1. The van der Waals surface area contributed by atoms with Gasteiger partial charge in [0.2, 0.25) is 0 Å². The predicted molar refractivity (Wildman–Crippen MR) is 101 cm³/mol. The van der Waals surface area contributed by atoms with Crippen molar-refractivity contribution in [3.05, 3.63) is 80.5 Å². The van der Waals surface area contributed by atoms with E-state index in [0.29, 0.717) is 22.7 Å². The van der Waals surface area contributed by atoms with Crippen molar-refractivity contribution >= 4 is 0 Å². The molecule has 5 nitrogen and oxygen atoms in total. The fourth-order valence-electron chi connectivity index (χ4n) is 3.83. The summed E-state index contributed by atoms with van der Waals surface area (Å²) in [6.45, 7) is 4.08. The van der Waals surface area contributed by atoms with Crippen LogP contribution >= 0.6 is 0 Å². The highest BCUT2D eigenvalue weighted by Gasteiger charge is 2.35. The summed E-state index contributed by atoms with van der Waals surface area (Å²) in [5.41, 5.74) is 2.71. The van der Waals surface area contributed by atoms with Crippen molar-refractivity contribution in [1.29, 1.82) is 0 Å². The maximum Gasteiger partial charge on any atom is 0.333 e. The van der Waals surface area contributed by atoms with E-state index < -0.39 is 5.69 Å². The number of benzene rings is 2. The van der Waals surface area contributed by atoms with E-state index in [1.165, 1.54) is 4.57 Å². The van der Waals surface area contributed by atoms with Gasteiger partial charge in [-0.05, 0) is 24.1 Å². The Labute approximate surface area is 150 Å². The molecule has 26 heavy (non-hydrogen) atoms. The minimum absolute atomic E-state index is 0.281. The van der Waals surface area contributed by atoms with E-state index in [2.05, 4.69) is 4.98 Å². The van der Waals surface area contributed by atoms with Crippen LogP contribution in [0.2, 0.25) is 0 Å². The van der Waals surface area contributed by atoms with Gasteiger partial charge in [-0.3, -0.25) is 4.79 Å². The third-order valence-corrected chi connectivity index (χ3v) is 5.01. The summed E-state index contributed by atoms with van der Waals surface area (Å²) < 4.78 is 6.42. The first-order chi connectivity index (χ1) is 12.4. The minimum Gasteiger partial charge on any atom is -0.497 e. The molecule has 0 fully saturated rings. The monoisotopic (exact) mass is 348 g/mol. The number of ether oxygens (including phenoxy) is 1. The molecule has 4 rings (SSSR count). The average molecular weight is 348 g/mol. The molecule has 5 heteroatoms. The Bertz CT molecular complexity index is 1120. The van der Waals surface area contributed by atoms with Crippen LogP contribution in [0.3, 0.4) is 0 Å². The molecule has 0 aliphatic heterocycles. The van der Waals surface area contributed by atoms with Gasteiger partial charge in [-0.15, -0.1) is 0 Å². The summed E-state index contributed by atoms with van der Waals surface area (Å²) in [7, 11) is 1.55. The third-order valence-electron chi connectivity index (χ3n) is 5.01.